The molecule has 0 spiro atoms. The van der Waals surface area contributed by atoms with Crippen molar-refractivity contribution in [3.63, 3.8) is 0 Å². The van der Waals surface area contributed by atoms with Gasteiger partial charge < -0.3 is 5.11 Å². The topological polar surface area (TPSA) is 55.1 Å². The zero-order valence-electron chi connectivity index (χ0n) is 8.82. The Morgan fingerprint density at radius 2 is 2.18 bits per heavy atom. The third-order valence-electron chi connectivity index (χ3n) is 2.30. The maximum Gasteiger partial charge on any atom is 0.356 e. The van der Waals surface area contributed by atoms with Crippen molar-refractivity contribution < 1.29 is 9.90 Å². The number of carboxylic acids is 1. The smallest absolute Gasteiger partial charge is 0.356 e. The molecule has 0 aliphatic rings. The minimum absolute atomic E-state index is 0.00135. The van der Waals surface area contributed by atoms with Gasteiger partial charge in [0.1, 0.15) is 0 Å². The predicted octanol–water partition coefficient (Wildman–Crippen LogP) is 3.20. The summed E-state index contributed by atoms with van der Waals surface area (Å²) < 4.78 is 2.37. The maximum atomic E-state index is 10.8. The number of hydrogen-bond donors (Lipinski definition) is 1. The minimum atomic E-state index is -1.06. The van der Waals surface area contributed by atoms with Crippen LogP contribution in [0.2, 0.25) is 5.02 Å². The van der Waals surface area contributed by atoms with Gasteiger partial charge in [-0.25, -0.2) is 4.79 Å². The zero-order chi connectivity index (χ0) is 12.6. The second kappa shape index (κ2) is 4.50. The predicted molar refractivity (Wildman–Crippen MR) is 68.3 cm³/mol. The molecular formula is C11H8BrClN2O2. The van der Waals surface area contributed by atoms with E-state index in [1.54, 1.807) is 13.1 Å². The molecule has 1 N–H and O–H groups in total. The van der Waals surface area contributed by atoms with Crippen LogP contribution in [0.1, 0.15) is 10.5 Å². The largest absolute Gasteiger partial charge is 0.476 e. The van der Waals surface area contributed by atoms with Crippen LogP contribution in [-0.4, -0.2) is 20.9 Å². The van der Waals surface area contributed by atoms with Crippen LogP contribution in [0.3, 0.4) is 0 Å². The molecule has 0 saturated heterocycles. The Hall–Kier alpha value is -1.33. The van der Waals surface area contributed by atoms with Crippen molar-refractivity contribution in [1.29, 1.82) is 0 Å². The van der Waals surface area contributed by atoms with Gasteiger partial charge in [0.2, 0.25) is 0 Å². The highest BCUT2D eigenvalue weighted by Crippen LogP contribution is 2.30. The average Bonchev–Trinajstić information content (AvgIpc) is 2.64. The van der Waals surface area contributed by atoms with E-state index in [1.807, 2.05) is 12.1 Å². The lowest BCUT2D eigenvalue weighted by molar-refractivity contribution is 0.0689. The molecule has 1 aromatic carbocycles. The molecule has 0 fully saturated rings. The van der Waals surface area contributed by atoms with E-state index in [2.05, 4.69) is 21.0 Å². The van der Waals surface area contributed by atoms with E-state index in [9.17, 15) is 4.79 Å². The molecule has 4 nitrogen and oxygen atoms in total. The molecule has 0 aliphatic heterocycles. The van der Waals surface area contributed by atoms with Crippen molar-refractivity contribution >= 4 is 33.5 Å². The van der Waals surface area contributed by atoms with Crippen molar-refractivity contribution in [2.45, 2.75) is 0 Å². The molecule has 0 amide bonds. The first-order chi connectivity index (χ1) is 7.99. The van der Waals surface area contributed by atoms with Crippen LogP contribution in [0.5, 0.6) is 0 Å². The first kappa shape index (κ1) is 12.1. The first-order valence-electron chi connectivity index (χ1n) is 4.72. The lowest BCUT2D eigenvalue weighted by Gasteiger charge is -2.04. The van der Waals surface area contributed by atoms with Crippen LogP contribution in [0.25, 0.3) is 11.3 Å². The molecule has 1 aromatic heterocycles. The fourth-order valence-electron chi connectivity index (χ4n) is 1.52. The summed E-state index contributed by atoms with van der Waals surface area (Å²) in [6.07, 6.45) is 0. The molecule has 2 aromatic rings. The lowest BCUT2D eigenvalue weighted by Crippen LogP contribution is -1.99. The van der Waals surface area contributed by atoms with E-state index in [1.165, 1.54) is 10.7 Å². The fourth-order valence-corrected chi connectivity index (χ4v) is 2.09. The van der Waals surface area contributed by atoms with E-state index in [4.69, 9.17) is 16.7 Å². The molecule has 0 atom stereocenters. The Balaban J connectivity index is 2.60. The molecule has 0 bridgehead atoms. The molecule has 0 aliphatic carbocycles. The van der Waals surface area contributed by atoms with Crippen LogP contribution < -0.4 is 0 Å². The van der Waals surface area contributed by atoms with E-state index >= 15 is 0 Å². The average molecular weight is 316 g/mol. The number of aryl methyl sites for hydroxylation is 1. The molecule has 17 heavy (non-hydrogen) atoms. The molecule has 0 unspecified atom stereocenters. The number of hydrogen-bond acceptors (Lipinski definition) is 2. The molecule has 6 heteroatoms. The van der Waals surface area contributed by atoms with Gasteiger partial charge in [0.15, 0.2) is 5.69 Å². The Bertz CT molecular complexity index is 595. The summed E-state index contributed by atoms with van der Waals surface area (Å²) in [5.74, 6) is -1.06. The number of nitrogens with zero attached hydrogens (tertiary/aromatic N) is 2. The van der Waals surface area contributed by atoms with Gasteiger partial charge in [0.05, 0.1) is 10.7 Å². The second-order valence-electron chi connectivity index (χ2n) is 3.47. The van der Waals surface area contributed by atoms with Gasteiger partial charge in [0.25, 0.3) is 0 Å². The number of halogens is 2. The van der Waals surface area contributed by atoms with Crippen LogP contribution in [0.15, 0.2) is 28.7 Å². The SMILES string of the molecule is Cn1nc(C(=O)O)cc1-c1cc(Br)ccc1Cl. The van der Waals surface area contributed by atoms with Gasteiger partial charge in [0, 0.05) is 17.1 Å². The highest BCUT2D eigenvalue weighted by Gasteiger charge is 2.14. The van der Waals surface area contributed by atoms with Crippen molar-refractivity contribution in [2.75, 3.05) is 0 Å². The summed E-state index contributed by atoms with van der Waals surface area (Å²) in [4.78, 5) is 10.8. The highest BCUT2D eigenvalue weighted by atomic mass is 79.9. The summed E-state index contributed by atoms with van der Waals surface area (Å²) in [7, 11) is 1.68. The lowest BCUT2D eigenvalue weighted by atomic mass is 10.1. The van der Waals surface area contributed by atoms with Gasteiger partial charge in [-0.1, -0.05) is 27.5 Å². The van der Waals surface area contributed by atoms with Crippen molar-refractivity contribution in [1.82, 2.24) is 9.78 Å². The number of benzene rings is 1. The van der Waals surface area contributed by atoms with Gasteiger partial charge in [-0.15, -0.1) is 0 Å². The van der Waals surface area contributed by atoms with Crippen molar-refractivity contribution in [2.24, 2.45) is 7.05 Å². The minimum Gasteiger partial charge on any atom is -0.476 e. The number of carbonyl (C=O) groups is 1. The van der Waals surface area contributed by atoms with Crippen LogP contribution in [0.4, 0.5) is 0 Å². The summed E-state index contributed by atoms with van der Waals surface area (Å²) >= 11 is 9.43. The number of rotatable bonds is 2. The van der Waals surface area contributed by atoms with Gasteiger partial charge in [-0.3, -0.25) is 4.68 Å². The molecule has 2 rings (SSSR count). The second-order valence-corrected chi connectivity index (χ2v) is 4.79. The van der Waals surface area contributed by atoms with Crippen LogP contribution in [-0.2, 0) is 7.05 Å². The quantitative estimate of drug-likeness (QED) is 0.926. The van der Waals surface area contributed by atoms with Gasteiger partial charge in [-0.05, 0) is 24.3 Å². The van der Waals surface area contributed by atoms with Crippen LogP contribution >= 0.6 is 27.5 Å². The fraction of sp³-hybridized carbons (Fsp3) is 0.0909. The third kappa shape index (κ3) is 2.35. The van der Waals surface area contributed by atoms with Crippen molar-refractivity contribution in [3.8, 4) is 11.3 Å². The van der Waals surface area contributed by atoms with Gasteiger partial charge >= 0.3 is 5.97 Å². The number of aromatic nitrogens is 2. The van der Waals surface area contributed by atoms with Gasteiger partial charge in [-0.2, -0.15) is 5.10 Å². The highest BCUT2D eigenvalue weighted by molar-refractivity contribution is 9.10. The van der Waals surface area contributed by atoms with E-state index < -0.39 is 5.97 Å². The molecule has 88 valence electrons. The summed E-state index contributed by atoms with van der Waals surface area (Å²) in [5.41, 5.74) is 1.40. The Morgan fingerprint density at radius 1 is 1.47 bits per heavy atom. The molecule has 0 radical (unpaired) electrons. The van der Waals surface area contributed by atoms with Crippen LogP contribution in [0, 0.1) is 0 Å². The molecular weight excluding hydrogens is 307 g/mol. The molecule has 1 heterocycles. The third-order valence-corrected chi connectivity index (χ3v) is 3.13. The first-order valence-corrected chi connectivity index (χ1v) is 5.89. The van der Waals surface area contributed by atoms with E-state index in [0.717, 1.165) is 10.0 Å². The summed E-state index contributed by atoms with van der Waals surface area (Å²) in [6.45, 7) is 0. The normalized spacial score (nSPS) is 10.5. The monoisotopic (exact) mass is 314 g/mol. The van der Waals surface area contributed by atoms with Crippen molar-refractivity contribution in [3.05, 3.63) is 39.5 Å². The van der Waals surface area contributed by atoms with E-state index in [-0.39, 0.29) is 5.69 Å². The number of carboxylic acid groups (broad SMARTS) is 1. The summed E-state index contributed by atoms with van der Waals surface area (Å²) in [5, 5.41) is 13.3. The molecule has 0 saturated carbocycles. The Labute approximate surface area is 111 Å². The Kier molecular flexibility index (Phi) is 3.22. The summed E-state index contributed by atoms with van der Waals surface area (Å²) in [6, 6.07) is 6.88. The number of aromatic carboxylic acids is 1. The maximum absolute atomic E-state index is 10.8. The standard InChI is InChI=1S/C11H8BrClN2O2/c1-15-10(5-9(14-15)11(16)17)7-4-6(12)2-3-8(7)13/h2-5H,1H3,(H,16,17). The van der Waals surface area contributed by atoms with E-state index in [0.29, 0.717) is 10.7 Å². The zero-order valence-corrected chi connectivity index (χ0v) is 11.2. The Morgan fingerprint density at radius 3 is 2.76 bits per heavy atom.